The Bertz CT molecular complexity index is 65.4. The molecule has 0 spiro atoms. The maximum absolute atomic E-state index is 4.39. The SMILES string of the molecule is SC(I)(I)C(I)(I)I. The van der Waals surface area contributed by atoms with Crippen LogP contribution in [0.4, 0.5) is 0 Å². The first-order valence-electron chi connectivity index (χ1n) is 1.42. The van der Waals surface area contributed by atoms with Gasteiger partial charge in [0.15, 0.2) is -0.565 Å². The van der Waals surface area contributed by atoms with Crippen molar-refractivity contribution in [3.8, 4) is 0 Å². The number of rotatable bonds is 1. The monoisotopic (exact) mass is 692 g/mol. The maximum atomic E-state index is 4.39. The minimum atomic E-state index is 0.0319. The van der Waals surface area contributed by atoms with E-state index in [9.17, 15) is 0 Å². The molecule has 0 amide bonds. The first kappa shape index (κ1) is 12.0. The van der Waals surface area contributed by atoms with Gasteiger partial charge < -0.3 is 0 Å². The molecule has 0 N–H and O–H groups in total. The lowest BCUT2D eigenvalue weighted by molar-refractivity contribution is 1.45. The first-order valence-corrected chi connectivity index (χ1v) is 7.26. The lowest BCUT2D eigenvalue weighted by Crippen LogP contribution is -2.19. The molecule has 0 aliphatic heterocycles. The third-order valence-electron chi connectivity index (χ3n) is 0.341. The van der Waals surface area contributed by atoms with Gasteiger partial charge in [-0.3, -0.25) is 0 Å². The van der Waals surface area contributed by atoms with Gasteiger partial charge in [0.05, 0.1) is 0 Å². The van der Waals surface area contributed by atoms with Crippen molar-refractivity contribution in [3.63, 3.8) is 0 Å². The molecule has 0 aliphatic carbocycles. The van der Waals surface area contributed by atoms with Crippen LogP contribution in [0.5, 0.6) is 0 Å². The van der Waals surface area contributed by atoms with E-state index >= 15 is 0 Å². The molecule has 0 aromatic heterocycles. The summed E-state index contributed by atoms with van der Waals surface area (Å²) in [6.45, 7) is 0. The zero-order chi connectivity index (χ0) is 7.00. The van der Waals surface area contributed by atoms with Gasteiger partial charge in [0, 0.05) is 0 Å². The summed E-state index contributed by atoms with van der Waals surface area (Å²) in [6, 6.07) is 0. The van der Waals surface area contributed by atoms with Gasteiger partial charge in [-0.05, 0) is 0 Å². The Labute approximate surface area is 123 Å². The van der Waals surface area contributed by atoms with E-state index in [1.165, 1.54) is 0 Å². The molecule has 0 aromatic rings. The molecule has 0 aliphatic rings. The molecule has 50 valence electrons. The summed E-state index contributed by atoms with van der Waals surface area (Å²) in [5, 5.41) is 0. The predicted molar refractivity (Wildman–Crippen MR) is 84.5 cm³/mol. The van der Waals surface area contributed by atoms with Gasteiger partial charge in [-0.25, -0.2) is 0 Å². The van der Waals surface area contributed by atoms with Crippen LogP contribution in [0, 0.1) is 0 Å². The molecule has 0 bridgehead atoms. The van der Waals surface area contributed by atoms with Gasteiger partial charge in [-0.15, -0.1) is 12.6 Å². The third kappa shape index (κ3) is 4.79. The van der Waals surface area contributed by atoms with Gasteiger partial charge >= 0.3 is 0 Å². The molecule has 8 heavy (non-hydrogen) atoms. The van der Waals surface area contributed by atoms with Crippen LogP contribution in [-0.4, -0.2) is 0.196 Å². The predicted octanol–water partition coefficient (Wildman–Crippen LogP) is 4.40. The van der Waals surface area contributed by atoms with E-state index in [0.717, 1.165) is 0 Å². The molecule has 0 nitrogen and oxygen atoms in total. The standard InChI is InChI=1S/C2HI5S/c3-1(4,5)2(6,7)8/h8H. The Morgan fingerprint density at radius 3 is 1.00 bits per heavy atom. The molecule has 0 radical (unpaired) electrons. The van der Waals surface area contributed by atoms with Gasteiger partial charge in [-0.2, -0.15) is 0 Å². The molecule has 0 unspecified atom stereocenters. The van der Waals surface area contributed by atoms with E-state index in [1.54, 1.807) is 0 Å². The highest BCUT2D eigenvalue weighted by Crippen LogP contribution is 2.56. The topological polar surface area (TPSA) is 0 Å². The summed E-state index contributed by atoms with van der Waals surface area (Å²) < 4.78 is 0.217. The van der Waals surface area contributed by atoms with E-state index in [1.807, 2.05) is 0 Å². The second-order valence-electron chi connectivity index (χ2n) is 1.04. The molecular weight excluding hydrogens is 691 g/mol. The molecule has 0 heterocycles. The molecule has 0 saturated heterocycles. The van der Waals surface area contributed by atoms with Crippen LogP contribution in [0.3, 0.4) is 0 Å². The Hall–Kier alpha value is 4.00. The van der Waals surface area contributed by atoms with E-state index in [-0.39, 0.29) is 0.196 Å². The number of thiol groups is 1. The lowest BCUT2D eigenvalue weighted by atomic mass is 11.0. The normalized spacial score (nSPS) is 14.2. The molecule has 6 heteroatoms. The van der Waals surface area contributed by atoms with Crippen molar-refractivity contribution in [2.45, 2.75) is 0.196 Å². The van der Waals surface area contributed by atoms with Crippen molar-refractivity contribution in [1.29, 1.82) is 0 Å². The largest absolute Gasteiger partial charge is 0.156 e. The van der Waals surface area contributed by atoms with E-state index < -0.39 is 0 Å². The minimum absolute atomic E-state index is 0.0319. The highest BCUT2D eigenvalue weighted by atomic mass is 127. The Morgan fingerprint density at radius 1 is 0.875 bits per heavy atom. The summed E-state index contributed by atoms with van der Waals surface area (Å²) in [6.07, 6.45) is 0. The highest BCUT2D eigenvalue weighted by molar-refractivity contribution is 14.3. The fraction of sp³-hybridized carbons (Fsp3) is 1.00. The van der Waals surface area contributed by atoms with Crippen LogP contribution in [0.2, 0.25) is 0 Å². The summed E-state index contributed by atoms with van der Waals surface area (Å²) in [7, 11) is 0. The van der Waals surface area contributed by atoms with Gasteiger partial charge in [0.1, 0.15) is 0.760 Å². The van der Waals surface area contributed by atoms with E-state index in [2.05, 4.69) is 126 Å². The second-order valence-corrected chi connectivity index (χ2v) is 19.8. The Morgan fingerprint density at radius 2 is 1.00 bits per heavy atom. The summed E-state index contributed by atoms with van der Waals surface area (Å²) in [4.78, 5) is 0. The number of hydrogen-bond acceptors (Lipinski definition) is 1. The smallest absolute Gasteiger partial charge is 0.149 e. The van der Waals surface area contributed by atoms with E-state index in [4.69, 9.17) is 0 Å². The molecule has 0 rings (SSSR count). The third-order valence-corrected chi connectivity index (χ3v) is 12.2. The summed E-state index contributed by atoms with van der Waals surface area (Å²) >= 11 is 16.1. The Balaban J connectivity index is 4.02. The first-order chi connectivity index (χ1) is 3.25. The fourth-order valence-electron chi connectivity index (χ4n) is 0. The number of alkyl halides is 5. The van der Waals surface area contributed by atoms with Gasteiger partial charge in [0.2, 0.25) is 0 Å². The van der Waals surface area contributed by atoms with Crippen molar-refractivity contribution in [3.05, 3.63) is 0 Å². The highest BCUT2D eigenvalue weighted by Gasteiger charge is 2.38. The fourth-order valence-corrected chi connectivity index (χ4v) is 0. The zero-order valence-corrected chi connectivity index (χ0v) is 15.0. The van der Waals surface area contributed by atoms with Crippen molar-refractivity contribution in [1.82, 2.24) is 0 Å². The molecule has 0 saturated carbocycles. The van der Waals surface area contributed by atoms with Crippen LogP contribution in [0.1, 0.15) is 0 Å². The second kappa shape index (κ2) is 4.30. The summed E-state index contributed by atoms with van der Waals surface area (Å²) in [5.74, 6) is 0. The number of hydrogen-bond donors (Lipinski definition) is 1. The van der Waals surface area contributed by atoms with Crippen LogP contribution in [-0.2, 0) is 0 Å². The van der Waals surface area contributed by atoms with Crippen molar-refractivity contribution >= 4 is 126 Å². The average Bonchev–Trinajstić information content (AvgIpc) is 1.25. The van der Waals surface area contributed by atoms with Crippen LogP contribution < -0.4 is 0 Å². The zero-order valence-electron chi connectivity index (χ0n) is 3.34. The van der Waals surface area contributed by atoms with Gasteiger partial charge in [0.25, 0.3) is 0 Å². The molecule has 0 aromatic carbocycles. The molecule has 0 fully saturated rings. The van der Waals surface area contributed by atoms with Crippen molar-refractivity contribution in [2.24, 2.45) is 0 Å². The maximum Gasteiger partial charge on any atom is 0.156 e. The average molecular weight is 692 g/mol. The van der Waals surface area contributed by atoms with Crippen molar-refractivity contribution < 1.29 is 0 Å². The summed E-state index contributed by atoms with van der Waals surface area (Å²) in [5.41, 5.74) is 0. The van der Waals surface area contributed by atoms with Crippen LogP contribution >= 0.6 is 126 Å². The van der Waals surface area contributed by atoms with Gasteiger partial charge in [-0.1, -0.05) is 113 Å². The minimum Gasteiger partial charge on any atom is -0.149 e. The molecular formula is C2HI5S. The Kier molecular flexibility index (Phi) is 6.45. The van der Waals surface area contributed by atoms with E-state index in [0.29, 0.717) is 0 Å². The number of halogens is 5. The quantitative estimate of drug-likeness (QED) is 0.236. The van der Waals surface area contributed by atoms with Crippen LogP contribution in [0.25, 0.3) is 0 Å². The lowest BCUT2D eigenvalue weighted by Gasteiger charge is -2.23. The van der Waals surface area contributed by atoms with Crippen LogP contribution in [0.15, 0.2) is 0 Å². The van der Waals surface area contributed by atoms with Crippen molar-refractivity contribution in [2.75, 3.05) is 0 Å². The molecule has 0 atom stereocenters.